The molecule has 1 aliphatic rings. The van der Waals surface area contributed by atoms with Crippen molar-refractivity contribution in [2.45, 2.75) is 32.3 Å². The highest BCUT2D eigenvalue weighted by Crippen LogP contribution is 2.27. The topological polar surface area (TPSA) is 66.6 Å². The van der Waals surface area contributed by atoms with Crippen molar-refractivity contribution < 1.29 is 10.0 Å². The van der Waals surface area contributed by atoms with Gasteiger partial charge in [0.05, 0.1) is 11.0 Å². The van der Waals surface area contributed by atoms with Crippen LogP contribution in [-0.4, -0.2) is 29.2 Å². The lowest BCUT2D eigenvalue weighted by molar-refractivity contribution is -0.384. The van der Waals surface area contributed by atoms with E-state index in [9.17, 15) is 15.2 Å². The molecule has 1 heterocycles. The summed E-state index contributed by atoms with van der Waals surface area (Å²) >= 11 is 0. The number of nitro groups is 1. The Kier molecular flexibility index (Phi) is 4.37. The Bertz CT molecular complexity index is 425. The minimum absolute atomic E-state index is 0.125. The maximum atomic E-state index is 10.6. The van der Waals surface area contributed by atoms with Crippen LogP contribution in [-0.2, 0) is 0 Å². The minimum atomic E-state index is -0.381. The van der Waals surface area contributed by atoms with Crippen molar-refractivity contribution in [2.24, 2.45) is 5.92 Å². The van der Waals surface area contributed by atoms with Gasteiger partial charge in [-0.3, -0.25) is 10.1 Å². The summed E-state index contributed by atoms with van der Waals surface area (Å²) in [5.41, 5.74) is 1.15. The van der Waals surface area contributed by atoms with Crippen LogP contribution >= 0.6 is 0 Å². The monoisotopic (exact) mass is 264 g/mol. The van der Waals surface area contributed by atoms with Crippen molar-refractivity contribution in [3.8, 4) is 0 Å². The first kappa shape index (κ1) is 13.8. The van der Waals surface area contributed by atoms with Gasteiger partial charge in [-0.1, -0.05) is 6.92 Å². The number of nitro benzene ring substituents is 1. The molecule has 1 aromatic carbocycles. The van der Waals surface area contributed by atoms with Gasteiger partial charge in [0.2, 0.25) is 0 Å². The lowest BCUT2D eigenvalue weighted by Gasteiger charge is -2.35. The molecule has 1 aromatic rings. The van der Waals surface area contributed by atoms with Crippen molar-refractivity contribution in [1.82, 2.24) is 0 Å². The van der Waals surface area contributed by atoms with E-state index in [1.165, 1.54) is 0 Å². The molecule has 0 amide bonds. The number of non-ortho nitro benzene ring substituents is 1. The molecule has 0 radical (unpaired) electrons. The van der Waals surface area contributed by atoms with E-state index in [2.05, 4.69) is 4.90 Å². The first-order valence-corrected chi connectivity index (χ1v) is 6.79. The van der Waals surface area contributed by atoms with Crippen LogP contribution in [0.3, 0.4) is 0 Å². The third-order valence-corrected chi connectivity index (χ3v) is 3.93. The maximum Gasteiger partial charge on any atom is 0.269 e. The van der Waals surface area contributed by atoms with Crippen LogP contribution in [0.1, 0.15) is 26.2 Å². The van der Waals surface area contributed by atoms with Gasteiger partial charge in [-0.05, 0) is 37.3 Å². The molecule has 0 bridgehead atoms. The van der Waals surface area contributed by atoms with Gasteiger partial charge in [-0.25, -0.2) is 0 Å². The molecule has 1 fully saturated rings. The molecule has 1 saturated heterocycles. The van der Waals surface area contributed by atoms with Crippen LogP contribution in [0, 0.1) is 16.0 Å². The first-order chi connectivity index (χ1) is 9.11. The number of aliphatic hydroxyl groups is 1. The van der Waals surface area contributed by atoms with Crippen LogP contribution in [0.25, 0.3) is 0 Å². The van der Waals surface area contributed by atoms with Gasteiger partial charge in [0, 0.05) is 30.9 Å². The van der Waals surface area contributed by atoms with Gasteiger partial charge in [-0.15, -0.1) is 0 Å². The van der Waals surface area contributed by atoms with Gasteiger partial charge in [0.1, 0.15) is 0 Å². The van der Waals surface area contributed by atoms with Gasteiger partial charge in [0.25, 0.3) is 5.69 Å². The Morgan fingerprint density at radius 2 is 1.95 bits per heavy atom. The van der Waals surface area contributed by atoms with Gasteiger partial charge < -0.3 is 10.0 Å². The number of anilines is 1. The second-order valence-corrected chi connectivity index (χ2v) is 5.07. The number of aliphatic hydroxyl groups excluding tert-OH is 1. The van der Waals surface area contributed by atoms with E-state index < -0.39 is 0 Å². The zero-order valence-electron chi connectivity index (χ0n) is 11.2. The first-order valence-electron chi connectivity index (χ1n) is 6.79. The summed E-state index contributed by atoms with van der Waals surface area (Å²) in [6, 6.07) is 6.69. The fraction of sp³-hybridized carbons (Fsp3) is 0.571. The zero-order valence-corrected chi connectivity index (χ0v) is 11.2. The fourth-order valence-electron chi connectivity index (χ4n) is 2.66. The summed E-state index contributed by atoms with van der Waals surface area (Å²) in [6.45, 7) is 3.81. The molecule has 1 atom stereocenters. The van der Waals surface area contributed by atoms with Crippen LogP contribution in [0.15, 0.2) is 24.3 Å². The summed E-state index contributed by atoms with van der Waals surface area (Å²) in [4.78, 5) is 12.4. The largest absolute Gasteiger partial charge is 0.393 e. The van der Waals surface area contributed by atoms with E-state index in [1.54, 1.807) is 24.3 Å². The molecule has 0 spiro atoms. The molecule has 5 nitrogen and oxygen atoms in total. The molecule has 0 aliphatic carbocycles. The lowest BCUT2D eigenvalue weighted by atomic mass is 9.90. The van der Waals surface area contributed by atoms with Crippen LogP contribution in [0.4, 0.5) is 11.4 Å². The van der Waals surface area contributed by atoms with Crippen LogP contribution < -0.4 is 4.90 Å². The van der Waals surface area contributed by atoms with E-state index in [0.717, 1.165) is 38.0 Å². The van der Waals surface area contributed by atoms with Crippen molar-refractivity contribution >= 4 is 11.4 Å². The molecular weight excluding hydrogens is 244 g/mol. The molecule has 1 unspecified atom stereocenters. The number of hydrogen-bond acceptors (Lipinski definition) is 4. The second-order valence-electron chi connectivity index (χ2n) is 5.07. The third kappa shape index (κ3) is 3.23. The predicted molar refractivity (Wildman–Crippen MR) is 74.3 cm³/mol. The lowest BCUT2D eigenvalue weighted by Crippen LogP contribution is -2.37. The number of piperidine rings is 1. The second kappa shape index (κ2) is 6.02. The summed E-state index contributed by atoms with van der Waals surface area (Å²) in [5.74, 6) is 0.388. The van der Waals surface area contributed by atoms with Gasteiger partial charge >= 0.3 is 0 Å². The van der Waals surface area contributed by atoms with E-state index >= 15 is 0 Å². The predicted octanol–water partition coefficient (Wildman–Crippen LogP) is 2.58. The van der Waals surface area contributed by atoms with Crippen molar-refractivity contribution in [3.63, 3.8) is 0 Å². The molecule has 19 heavy (non-hydrogen) atoms. The van der Waals surface area contributed by atoms with E-state index in [4.69, 9.17) is 0 Å². The smallest absolute Gasteiger partial charge is 0.269 e. The fourth-order valence-corrected chi connectivity index (χ4v) is 2.66. The SMILES string of the molecule is CCC(O)C1CCN(c2ccc([N+](=O)[O-])cc2)CC1. The Morgan fingerprint density at radius 1 is 1.37 bits per heavy atom. The van der Waals surface area contributed by atoms with Crippen LogP contribution in [0.2, 0.25) is 0 Å². The molecule has 5 heteroatoms. The summed E-state index contributed by atoms with van der Waals surface area (Å²) < 4.78 is 0. The number of hydrogen-bond donors (Lipinski definition) is 1. The Labute approximate surface area is 113 Å². The van der Waals surface area contributed by atoms with E-state index in [-0.39, 0.29) is 16.7 Å². The van der Waals surface area contributed by atoms with Crippen molar-refractivity contribution in [2.75, 3.05) is 18.0 Å². The highest BCUT2D eigenvalue weighted by molar-refractivity contribution is 5.51. The Morgan fingerprint density at radius 3 is 2.42 bits per heavy atom. The summed E-state index contributed by atoms with van der Waals surface area (Å²) in [7, 11) is 0. The van der Waals surface area contributed by atoms with Crippen LogP contribution in [0.5, 0.6) is 0 Å². The Balaban J connectivity index is 1.96. The number of benzene rings is 1. The molecular formula is C14H20N2O3. The molecule has 1 aliphatic heterocycles. The molecule has 2 rings (SSSR count). The highest BCUT2D eigenvalue weighted by Gasteiger charge is 2.24. The Hall–Kier alpha value is -1.62. The minimum Gasteiger partial charge on any atom is -0.393 e. The number of rotatable bonds is 4. The normalized spacial score (nSPS) is 18.3. The van der Waals surface area contributed by atoms with Gasteiger partial charge in [-0.2, -0.15) is 0 Å². The molecule has 0 saturated carbocycles. The van der Waals surface area contributed by atoms with Crippen molar-refractivity contribution in [1.29, 1.82) is 0 Å². The summed E-state index contributed by atoms with van der Waals surface area (Å²) in [6.07, 6.45) is 2.57. The van der Waals surface area contributed by atoms with Crippen molar-refractivity contribution in [3.05, 3.63) is 34.4 Å². The quantitative estimate of drug-likeness (QED) is 0.670. The molecule has 0 aromatic heterocycles. The maximum absolute atomic E-state index is 10.6. The van der Waals surface area contributed by atoms with E-state index in [0.29, 0.717) is 5.92 Å². The third-order valence-electron chi connectivity index (χ3n) is 3.93. The summed E-state index contributed by atoms with van der Waals surface area (Å²) in [5, 5.41) is 20.4. The highest BCUT2D eigenvalue weighted by atomic mass is 16.6. The standard InChI is InChI=1S/C14H20N2O3/c1-2-14(17)11-7-9-15(10-8-11)12-3-5-13(6-4-12)16(18)19/h3-6,11,14,17H,2,7-10H2,1H3. The number of nitrogens with zero attached hydrogens (tertiary/aromatic N) is 2. The average Bonchev–Trinajstić information content (AvgIpc) is 2.46. The average molecular weight is 264 g/mol. The molecule has 1 N–H and O–H groups in total. The van der Waals surface area contributed by atoms with Gasteiger partial charge in [0.15, 0.2) is 0 Å². The van der Waals surface area contributed by atoms with E-state index in [1.807, 2.05) is 6.92 Å². The molecule has 104 valence electrons. The zero-order chi connectivity index (χ0) is 13.8.